The largest absolute Gasteiger partial charge is 0.449 e. The number of carbonyl (C=O) groups excluding carboxylic acids is 2. The van der Waals surface area contributed by atoms with Crippen molar-refractivity contribution in [2.24, 2.45) is 0 Å². The molecule has 33 heavy (non-hydrogen) atoms. The molecule has 1 amide bonds. The van der Waals surface area contributed by atoms with Crippen LogP contribution in [0.2, 0.25) is 0 Å². The van der Waals surface area contributed by atoms with Gasteiger partial charge < -0.3 is 10.1 Å². The Balaban J connectivity index is 1.64. The Morgan fingerprint density at radius 2 is 1.94 bits per heavy atom. The molecule has 1 aliphatic rings. The monoisotopic (exact) mass is 446 g/mol. The van der Waals surface area contributed by atoms with E-state index < -0.39 is 12.1 Å². The SMILES string of the molecule is CCCN1CCc2nc3ccccc3c(C(=O)OC(CC)C(=O)Nc3cccc(C)n3)c2C1. The molecular weight excluding hydrogens is 416 g/mol. The van der Waals surface area contributed by atoms with E-state index in [1.54, 1.807) is 6.07 Å². The number of nitrogens with zero attached hydrogens (tertiary/aromatic N) is 3. The summed E-state index contributed by atoms with van der Waals surface area (Å²) in [6.45, 7) is 8.36. The summed E-state index contributed by atoms with van der Waals surface area (Å²) < 4.78 is 5.79. The maximum Gasteiger partial charge on any atom is 0.340 e. The van der Waals surface area contributed by atoms with Crippen molar-refractivity contribution < 1.29 is 14.3 Å². The summed E-state index contributed by atoms with van der Waals surface area (Å²) in [5, 5.41) is 3.53. The van der Waals surface area contributed by atoms with Crippen molar-refractivity contribution >= 4 is 28.6 Å². The molecule has 0 fully saturated rings. The van der Waals surface area contributed by atoms with Crippen LogP contribution in [0.15, 0.2) is 42.5 Å². The molecule has 3 heterocycles. The molecule has 1 aliphatic heterocycles. The van der Waals surface area contributed by atoms with E-state index in [1.165, 1.54) is 0 Å². The smallest absolute Gasteiger partial charge is 0.340 e. The number of anilines is 1. The Kier molecular flexibility index (Phi) is 6.99. The third-order valence-corrected chi connectivity index (χ3v) is 5.92. The number of hydrogen-bond donors (Lipinski definition) is 1. The van der Waals surface area contributed by atoms with Crippen LogP contribution in [-0.4, -0.2) is 45.9 Å². The van der Waals surface area contributed by atoms with Crippen LogP contribution >= 0.6 is 0 Å². The van der Waals surface area contributed by atoms with E-state index in [0.29, 0.717) is 24.3 Å². The van der Waals surface area contributed by atoms with Gasteiger partial charge in [-0.1, -0.05) is 38.1 Å². The van der Waals surface area contributed by atoms with Gasteiger partial charge in [-0.3, -0.25) is 14.7 Å². The third kappa shape index (κ3) is 5.03. The van der Waals surface area contributed by atoms with Crippen molar-refractivity contribution in [1.29, 1.82) is 0 Å². The highest BCUT2D eigenvalue weighted by Gasteiger charge is 2.29. The Hall–Kier alpha value is -3.32. The second-order valence-electron chi connectivity index (χ2n) is 8.41. The molecule has 172 valence electrons. The number of carbonyl (C=O) groups is 2. The molecule has 1 unspecified atom stereocenters. The number of amides is 1. The first-order valence-corrected chi connectivity index (χ1v) is 11.6. The first-order valence-electron chi connectivity index (χ1n) is 11.6. The number of para-hydroxylation sites is 1. The fourth-order valence-corrected chi connectivity index (χ4v) is 4.32. The zero-order chi connectivity index (χ0) is 23.4. The number of benzene rings is 1. The van der Waals surface area contributed by atoms with Crippen molar-refractivity contribution in [3.05, 3.63) is 65.0 Å². The molecule has 4 rings (SSSR count). The molecule has 7 nitrogen and oxygen atoms in total. The molecule has 0 saturated carbocycles. The van der Waals surface area contributed by atoms with Gasteiger partial charge in [0.15, 0.2) is 6.10 Å². The lowest BCUT2D eigenvalue weighted by Gasteiger charge is -2.30. The van der Waals surface area contributed by atoms with E-state index in [4.69, 9.17) is 9.72 Å². The number of aryl methyl sites for hydroxylation is 1. The standard InChI is InChI=1S/C26H30N4O3/c1-4-14-30-15-13-21-19(16-30)24(18-10-6-7-11-20(18)28-21)26(32)33-22(5-2)25(31)29-23-12-8-9-17(3)27-23/h6-12,22H,4-5,13-16H2,1-3H3,(H,27,29,31). The predicted molar refractivity (Wildman–Crippen MR) is 128 cm³/mol. The van der Waals surface area contributed by atoms with E-state index in [-0.39, 0.29) is 5.91 Å². The van der Waals surface area contributed by atoms with E-state index in [1.807, 2.05) is 50.2 Å². The molecule has 1 N–H and O–H groups in total. The fourth-order valence-electron chi connectivity index (χ4n) is 4.32. The quantitative estimate of drug-likeness (QED) is 0.546. The number of fused-ring (bicyclic) bond motifs is 2. The van der Waals surface area contributed by atoms with E-state index >= 15 is 0 Å². The zero-order valence-electron chi connectivity index (χ0n) is 19.4. The van der Waals surface area contributed by atoms with Crippen LogP contribution in [0.3, 0.4) is 0 Å². The van der Waals surface area contributed by atoms with Crippen LogP contribution in [-0.2, 0) is 22.5 Å². The first-order chi connectivity index (χ1) is 16.0. The van der Waals surface area contributed by atoms with E-state index in [9.17, 15) is 9.59 Å². The molecule has 0 saturated heterocycles. The minimum absolute atomic E-state index is 0.358. The average molecular weight is 447 g/mol. The minimum Gasteiger partial charge on any atom is -0.449 e. The highest BCUT2D eigenvalue weighted by atomic mass is 16.5. The lowest BCUT2D eigenvalue weighted by Crippen LogP contribution is -2.35. The van der Waals surface area contributed by atoms with Crippen LogP contribution < -0.4 is 5.32 Å². The summed E-state index contributed by atoms with van der Waals surface area (Å²) in [6.07, 6.45) is 1.27. The Morgan fingerprint density at radius 1 is 1.12 bits per heavy atom. The van der Waals surface area contributed by atoms with E-state index in [2.05, 4.69) is 22.1 Å². The van der Waals surface area contributed by atoms with Gasteiger partial charge in [-0.05, 0) is 44.5 Å². The number of hydrogen-bond acceptors (Lipinski definition) is 6. The Labute approximate surface area is 194 Å². The normalized spacial score (nSPS) is 14.5. The number of ether oxygens (including phenoxy) is 1. The molecule has 0 aliphatic carbocycles. The molecule has 7 heteroatoms. The van der Waals surface area contributed by atoms with Crippen molar-refractivity contribution in [1.82, 2.24) is 14.9 Å². The third-order valence-electron chi connectivity index (χ3n) is 5.92. The lowest BCUT2D eigenvalue weighted by molar-refractivity contribution is -0.124. The summed E-state index contributed by atoms with van der Waals surface area (Å²) in [6, 6.07) is 13.0. The molecule has 2 aromatic heterocycles. The molecular formula is C26H30N4O3. The number of rotatable bonds is 7. The molecule has 1 aromatic carbocycles. The topological polar surface area (TPSA) is 84.4 Å². The number of pyridine rings is 2. The predicted octanol–water partition coefficient (Wildman–Crippen LogP) is 4.28. The maximum absolute atomic E-state index is 13.5. The van der Waals surface area contributed by atoms with Crippen LogP contribution in [0.5, 0.6) is 0 Å². The van der Waals surface area contributed by atoms with Crippen LogP contribution in [0.1, 0.15) is 54.0 Å². The van der Waals surface area contributed by atoms with Crippen LogP contribution in [0, 0.1) is 6.92 Å². The van der Waals surface area contributed by atoms with E-state index in [0.717, 1.165) is 53.8 Å². The van der Waals surface area contributed by atoms with Gasteiger partial charge in [0.2, 0.25) is 0 Å². The maximum atomic E-state index is 13.5. The van der Waals surface area contributed by atoms with Crippen molar-refractivity contribution in [3.63, 3.8) is 0 Å². The van der Waals surface area contributed by atoms with Gasteiger partial charge in [0.1, 0.15) is 5.82 Å². The van der Waals surface area contributed by atoms with Crippen molar-refractivity contribution in [3.8, 4) is 0 Å². The molecule has 0 bridgehead atoms. The van der Waals surface area contributed by atoms with Gasteiger partial charge >= 0.3 is 5.97 Å². The lowest BCUT2D eigenvalue weighted by atomic mass is 9.95. The number of nitrogens with one attached hydrogen (secondary N) is 1. The van der Waals surface area contributed by atoms with Crippen LogP contribution in [0.4, 0.5) is 5.82 Å². The highest BCUT2D eigenvalue weighted by molar-refractivity contribution is 6.06. The summed E-state index contributed by atoms with van der Waals surface area (Å²) >= 11 is 0. The molecule has 3 aromatic rings. The van der Waals surface area contributed by atoms with Gasteiger partial charge in [0, 0.05) is 41.8 Å². The van der Waals surface area contributed by atoms with Gasteiger partial charge in [-0.15, -0.1) is 0 Å². The molecule has 0 spiro atoms. The summed E-state index contributed by atoms with van der Waals surface area (Å²) in [5.74, 6) is -0.428. The molecule has 0 radical (unpaired) electrons. The second kappa shape index (κ2) is 10.1. The fraction of sp³-hybridized carbons (Fsp3) is 0.385. The van der Waals surface area contributed by atoms with Gasteiger partial charge in [0.05, 0.1) is 11.1 Å². The van der Waals surface area contributed by atoms with Gasteiger partial charge in [0.25, 0.3) is 5.91 Å². The summed E-state index contributed by atoms with van der Waals surface area (Å²) in [4.78, 5) is 37.8. The highest BCUT2D eigenvalue weighted by Crippen LogP contribution is 2.29. The average Bonchev–Trinajstić information content (AvgIpc) is 2.81. The summed E-state index contributed by atoms with van der Waals surface area (Å²) in [7, 11) is 0. The van der Waals surface area contributed by atoms with Gasteiger partial charge in [-0.25, -0.2) is 9.78 Å². The number of esters is 1. The zero-order valence-corrected chi connectivity index (χ0v) is 19.4. The van der Waals surface area contributed by atoms with Crippen molar-refractivity contribution in [2.75, 3.05) is 18.4 Å². The molecule has 1 atom stereocenters. The first kappa shape index (κ1) is 22.9. The summed E-state index contributed by atoms with van der Waals surface area (Å²) in [5.41, 5.74) is 3.94. The Bertz CT molecular complexity index is 1180. The number of aromatic nitrogens is 2. The van der Waals surface area contributed by atoms with Gasteiger partial charge in [-0.2, -0.15) is 0 Å². The van der Waals surface area contributed by atoms with Crippen molar-refractivity contribution in [2.45, 2.75) is 52.7 Å². The minimum atomic E-state index is -0.919. The second-order valence-corrected chi connectivity index (χ2v) is 8.41. The van der Waals surface area contributed by atoms with Crippen LogP contribution in [0.25, 0.3) is 10.9 Å². The Morgan fingerprint density at radius 3 is 2.70 bits per heavy atom.